The number of piperidine rings is 1. The van der Waals surface area contributed by atoms with Gasteiger partial charge in [0.15, 0.2) is 11.8 Å². The average Bonchev–Trinajstić information content (AvgIpc) is 3.28. The number of nitrogens with zero attached hydrogens (tertiary/aromatic N) is 4. The second-order valence-electron chi connectivity index (χ2n) is 7.73. The van der Waals surface area contributed by atoms with Crippen LogP contribution < -0.4 is 0 Å². The molecule has 2 aromatic heterocycles. The standard InChI is InChI=1S/C23H24ClN5O3S/c1-14(30)32-13-19(31)29-11-8-16(9-12-29)22-20(18-7-10-25-23(26-18)33-2)21(27-28-22)15-3-5-17(24)6-4-15/h3-7,10,16H,8-9,11-13H2,1-2H3,(H,27,28). The largest absolute Gasteiger partial charge is 0.456 e. The van der Waals surface area contributed by atoms with E-state index in [1.807, 2.05) is 36.6 Å². The molecule has 1 aliphatic heterocycles. The first kappa shape index (κ1) is 23.3. The zero-order chi connectivity index (χ0) is 23.4. The summed E-state index contributed by atoms with van der Waals surface area (Å²) in [6.07, 6.45) is 5.23. The fraction of sp³-hybridized carbons (Fsp3) is 0.348. The molecule has 172 valence electrons. The van der Waals surface area contributed by atoms with Gasteiger partial charge in [-0.15, -0.1) is 0 Å². The van der Waals surface area contributed by atoms with E-state index >= 15 is 0 Å². The van der Waals surface area contributed by atoms with Gasteiger partial charge in [-0.25, -0.2) is 9.97 Å². The minimum atomic E-state index is -0.454. The number of H-pyrrole nitrogens is 1. The van der Waals surface area contributed by atoms with Crippen molar-refractivity contribution in [1.82, 2.24) is 25.1 Å². The number of likely N-dealkylation sites (tertiary alicyclic amines) is 1. The van der Waals surface area contributed by atoms with Gasteiger partial charge in [0, 0.05) is 54.0 Å². The normalized spacial score (nSPS) is 14.3. The van der Waals surface area contributed by atoms with Crippen LogP contribution in [0, 0.1) is 0 Å². The lowest BCUT2D eigenvalue weighted by Gasteiger charge is -2.31. The molecule has 0 bridgehead atoms. The number of carbonyl (C=O) groups is 2. The fourth-order valence-corrected chi connectivity index (χ4v) is 4.46. The molecule has 10 heteroatoms. The van der Waals surface area contributed by atoms with Crippen molar-refractivity contribution < 1.29 is 14.3 Å². The van der Waals surface area contributed by atoms with Gasteiger partial charge in [0.25, 0.3) is 5.91 Å². The molecule has 0 aliphatic carbocycles. The van der Waals surface area contributed by atoms with E-state index in [9.17, 15) is 9.59 Å². The van der Waals surface area contributed by atoms with Gasteiger partial charge in [0.05, 0.1) is 5.69 Å². The van der Waals surface area contributed by atoms with Crippen LogP contribution >= 0.6 is 23.4 Å². The third-order valence-electron chi connectivity index (χ3n) is 5.64. The molecule has 0 atom stereocenters. The molecule has 8 nitrogen and oxygen atoms in total. The molecule has 0 unspecified atom stereocenters. The fourth-order valence-electron chi connectivity index (χ4n) is 3.98. The zero-order valence-electron chi connectivity index (χ0n) is 18.4. The number of ether oxygens (including phenoxy) is 1. The Balaban J connectivity index is 1.63. The predicted molar refractivity (Wildman–Crippen MR) is 127 cm³/mol. The predicted octanol–water partition coefficient (Wildman–Crippen LogP) is 4.18. The van der Waals surface area contributed by atoms with Gasteiger partial charge < -0.3 is 9.64 Å². The van der Waals surface area contributed by atoms with Crippen molar-refractivity contribution in [1.29, 1.82) is 0 Å². The summed E-state index contributed by atoms with van der Waals surface area (Å²) in [5, 5.41) is 9.26. The summed E-state index contributed by atoms with van der Waals surface area (Å²) in [6, 6.07) is 9.47. The second kappa shape index (κ2) is 10.4. The van der Waals surface area contributed by atoms with Gasteiger partial charge in [0.1, 0.15) is 5.69 Å². The van der Waals surface area contributed by atoms with Crippen LogP contribution in [0.3, 0.4) is 0 Å². The van der Waals surface area contributed by atoms with Crippen LogP contribution in [0.2, 0.25) is 5.02 Å². The van der Waals surface area contributed by atoms with E-state index in [1.165, 1.54) is 18.7 Å². The van der Waals surface area contributed by atoms with Crippen molar-refractivity contribution in [2.24, 2.45) is 0 Å². The summed E-state index contributed by atoms with van der Waals surface area (Å²) < 4.78 is 4.86. The van der Waals surface area contributed by atoms with Gasteiger partial charge in [0.2, 0.25) is 0 Å². The highest BCUT2D eigenvalue weighted by molar-refractivity contribution is 7.98. The second-order valence-corrected chi connectivity index (χ2v) is 8.94. The van der Waals surface area contributed by atoms with Crippen LogP contribution in [0.25, 0.3) is 22.5 Å². The summed E-state index contributed by atoms with van der Waals surface area (Å²) in [7, 11) is 0. The molecule has 0 radical (unpaired) electrons. The van der Waals surface area contributed by atoms with E-state index in [0.29, 0.717) is 23.3 Å². The molecule has 1 aromatic carbocycles. The summed E-state index contributed by atoms with van der Waals surface area (Å²) in [5.41, 5.74) is 4.49. The molecule has 0 saturated carbocycles. The number of carbonyl (C=O) groups excluding carboxylic acids is 2. The Labute approximate surface area is 201 Å². The lowest BCUT2D eigenvalue weighted by molar-refractivity contribution is -0.150. The number of esters is 1. The van der Waals surface area contributed by atoms with E-state index in [0.717, 1.165) is 41.1 Å². The maximum absolute atomic E-state index is 12.3. The number of nitrogens with one attached hydrogen (secondary N) is 1. The monoisotopic (exact) mass is 485 g/mol. The highest BCUT2D eigenvalue weighted by Gasteiger charge is 2.29. The number of hydrogen-bond acceptors (Lipinski definition) is 7. The number of aromatic amines is 1. The highest BCUT2D eigenvalue weighted by Crippen LogP contribution is 2.39. The molecule has 3 aromatic rings. The maximum atomic E-state index is 12.3. The maximum Gasteiger partial charge on any atom is 0.303 e. The summed E-state index contributed by atoms with van der Waals surface area (Å²) in [4.78, 5) is 34.1. The van der Waals surface area contributed by atoms with Crippen LogP contribution in [0.4, 0.5) is 0 Å². The number of rotatable bonds is 6. The molecule has 1 N–H and O–H groups in total. The van der Waals surface area contributed by atoms with Crippen molar-refractivity contribution in [3.63, 3.8) is 0 Å². The van der Waals surface area contributed by atoms with Gasteiger partial charge in [-0.2, -0.15) is 5.10 Å². The van der Waals surface area contributed by atoms with Crippen molar-refractivity contribution in [2.45, 2.75) is 30.8 Å². The summed E-state index contributed by atoms with van der Waals surface area (Å²) in [5.74, 6) is -0.445. The van der Waals surface area contributed by atoms with Crippen LogP contribution in [0.15, 0.2) is 41.7 Å². The van der Waals surface area contributed by atoms with E-state index in [2.05, 4.69) is 15.2 Å². The first-order valence-corrected chi connectivity index (χ1v) is 12.2. The van der Waals surface area contributed by atoms with Crippen LogP contribution in [0.5, 0.6) is 0 Å². The number of aromatic nitrogens is 4. The Morgan fingerprint density at radius 3 is 2.61 bits per heavy atom. The first-order valence-electron chi connectivity index (χ1n) is 10.6. The highest BCUT2D eigenvalue weighted by atomic mass is 35.5. The van der Waals surface area contributed by atoms with E-state index in [4.69, 9.17) is 21.3 Å². The Kier molecular flexibility index (Phi) is 7.29. The average molecular weight is 486 g/mol. The van der Waals surface area contributed by atoms with Crippen LogP contribution in [-0.4, -0.2) is 62.9 Å². The van der Waals surface area contributed by atoms with Gasteiger partial charge >= 0.3 is 5.97 Å². The summed E-state index contributed by atoms with van der Waals surface area (Å²) in [6.45, 7) is 2.25. The molecular formula is C23H24ClN5O3S. The van der Waals surface area contributed by atoms with E-state index < -0.39 is 5.97 Å². The molecule has 1 saturated heterocycles. The van der Waals surface area contributed by atoms with E-state index in [-0.39, 0.29) is 18.4 Å². The van der Waals surface area contributed by atoms with Gasteiger partial charge in [-0.05, 0) is 37.3 Å². The number of amides is 1. The Hall–Kier alpha value is -2.91. The molecule has 0 spiro atoms. The molecule has 1 aliphatic rings. The molecule has 33 heavy (non-hydrogen) atoms. The SMILES string of the molecule is CSc1nccc(-c2c(-c3ccc(Cl)cc3)n[nH]c2C2CCN(C(=O)COC(C)=O)CC2)n1. The molecule has 1 fully saturated rings. The topological polar surface area (TPSA) is 101 Å². The lowest BCUT2D eigenvalue weighted by atomic mass is 9.89. The van der Waals surface area contributed by atoms with Gasteiger partial charge in [-0.3, -0.25) is 14.7 Å². The summed E-state index contributed by atoms with van der Waals surface area (Å²) >= 11 is 7.58. The Morgan fingerprint density at radius 1 is 1.21 bits per heavy atom. The zero-order valence-corrected chi connectivity index (χ0v) is 19.9. The number of halogens is 1. The van der Waals surface area contributed by atoms with Crippen molar-refractivity contribution in [3.8, 4) is 22.5 Å². The minimum Gasteiger partial charge on any atom is -0.456 e. The smallest absolute Gasteiger partial charge is 0.303 e. The number of thioether (sulfide) groups is 1. The molecule has 1 amide bonds. The minimum absolute atomic E-state index is 0.171. The first-order chi connectivity index (χ1) is 16.0. The van der Waals surface area contributed by atoms with Crippen molar-refractivity contribution >= 4 is 35.2 Å². The number of benzene rings is 1. The van der Waals surface area contributed by atoms with Crippen LogP contribution in [-0.2, 0) is 14.3 Å². The van der Waals surface area contributed by atoms with Gasteiger partial charge in [-0.1, -0.05) is 35.5 Å². The lowest BCUT2D eigenvalue weighted by Crippen LogP contribution is -2.40. The van der Waals surface area contributed by atoms with E-state index in [1.54, 1.807) is 11.1 Å². The third-order valence-corrected chi connectivity index (χ3v) is 6.45. The molecule has 4 rings (SSSR count). The quantitative estimate of drug-likeness (QED) is 0.317. The number of hydrogen-bond donors (Lipinski definition) is 1. The molecule has 3 heterocycles. The van der Waals surface area contributed by atoms with Crippen molar-refractivity contribution in [2.75, 3.05) is 26.0 Å². The Morgan fingerprint density at radius 2 is 1.94 bits per heavy atom. The van der Waals surface area contributed by atoms with Crippen molar-refractivity contribution in [3.05, 3.63) is 47.2 Å². The van der Waals surface area contributed by atoms with Crippen LogP contribution in [0.1, 0.15) is 31.4 Å². The molecular weight excluding hydrogens is 462 g/mol. The third kappa shape index (κ3) is 5.36. The Bertz CT molecular complexity index is 1140.